The average molecular weight is 760 g/mol. The van der Waals surface area contributed by atoms with Gasteiger partial charge in [-0.05, 0) is 81.2 Å². The summed E-state index contributed by atoms with van der Waals surface area (Å²) in [6.07, 6.45) is 0. The molecule has 12 rings (SSSR count). The lowest BCUT2D eigenvalue weighted by Crippen LogP contribution is -2.15. The van der Waals surface area contributed by atoms with Crippen LogP contribution in [0.4, 0.5) is 17.1 Å². The second kappa shape index (κ2) is 12.5. The quantitative estimate of drug-likeness (QED) is 0.174. The highest BCUT2D eigenvalue weighted by Gasteiger charge is 2.37. The Balaban J connectivity index is 1.18. The van der Waals surface area contributed by atoms with Crippen LogP contribution < -0.4 is 4.90 Å². The molecule has 0 saturated carbocycles. The normalized spacial score (nSPS) is 13.1. The maximum absolute atomic E-state index is 6.75. The largest absolute Gasteiger partial charge is 0.455 e. The molecule has 2 heterocycles. The van der Waals surface area contributed by atoms with Crippen LogP contribution in [0.15, 0.2) is 192 Å². The summed E-state index contributed by atoms with van der Waals surface area (Å²) in [5.41, 5.74) is 15.2. The van der Waals surface area contributed by atoms with Gasteiger partial charge in [0.25, 0.3) is 0 Å². The molecule has 0 amide bonds. The van der Waals surface area contributed by atoms with Crippen molar-refractivity contribution >= 4 is 81.3 Å². The van der Waals surface area contributed by atoms with Gasteiger partial charge in [-0.3, -0.25) is 0 Å². The van der Waals surface area contributed by atoms with Crippen molar-refractivity contribution in [1.82, 2.24) is 0 Å². The summed E-state index contributed by atoms with van der Waals surface area (Å²) in [6.45, 7) is 4.72. The lowest BCUT2D eigenvalue weighted by Gasteiger charge is -2.31. The fraction of sp³-hybridized carbons (Fsp3) is 0.0545. The highest BCUT2D eigenvalue weighted by Crippen LogP contribution is 2.55. The number of furan rings is 1. The van der Waals surface area contributed by atoms with Gasteiger partial charge in [-0.15, -0.1) is 11.3 Å². The number of fused-ring (bicyclic) bond motifs is 11. The van der Waals surface area contributed by atoms with Crippen LogP contribution in [-0.4, -0.2) is 0 Å². The second-order valence-electron chi connectivity index (χ2n) is 16.0. The van der Waals surface area contributed by atoms with Gasteiger partial charge in [0.2, 0.25) is 0 Å². The third-order valence-electron chi connectivity index (χ3n) is 12.5. The van der Waals surface area contributed by atoms with E-state index < -0.39 is 0 Å². The van der Waals surface area contributed by atoms with Crippen LogP contribution in [0.2, 0.25) is 0 Å². The molecule has 3 heteroatoms. The molecule has 9 aromatic carbocycles. The number of hydrogen-bond acceptors (Lipinski definition) is 3. The van der Waals surface area contributed by atoms with Crippen molar-refractivity contribution in [3.05, 3.63) is 199 Å². The molecular weight excluding hydrogens is 723 g/mol. The predicted molar refractivity (Wildman–Crippen MR) is 247 cm³/mol. The Kier molecular flexibility index (Phi) is 7.18. The zero-order chi connectivity index (χ0) is 38.5. The monoisotopic (exact) mass is 759 g/mol. The van der Waals surface area contributed by atoms with E-state index in [1.54, 1.807) is 0 Å². The fourth-order valence-corrected chi connectivity index (χ4v) is 11.0. The van der Waals surface area contributed by atoms with Gasteiger partial charge in [0.1, 0.15) is 11.2 Å². The Hall–Kier alpha value is -6.94. The Bertz CT molecular complexity index is 3460. The van der Waals surface area contributed by atoms with E-state index in [2.05, 4.69) is 207 Å². The summed E-state index contributed by atoms with van der Waals surface area (Å²) in [4.78, 5) is 2.54. The van der Waals surface area contributed by atoms with Crippen LogP contribution in [0.1, 0.15) is 25.0 Å². The summed E-state index contributed by atoms with van der Waals surface area (Å²) in [7, 11) is 0. The average Bonchev–Trinajstić information content (AvgIpc) is 3.93. The number of anilines is 3. The van der Waals surface area contributed by atoms with Gasteiger partial charge < -0.3 is 9.32 Å². The van der Waals surface area contributed by atoms with Gasteiger partial charge in [0, 0.05) is 52.9 Å². The van der Waals surface area contributed by atoms with E-state index in [0.717, 1.165) is 55.5 Å². The van der Waals surface area contributed by atoms with Crippen LogP contribution in [0.25, 0.3) is 86.3 Å². The fourth-order valence-electron chi connectivity index (χ4n) is 9.88. The number of nitrogens with zero attached hydrogens (tertiary/aromatic N) is 1. The molecule has 0 N–H and O–H groups in total. The number of hydrogen-bond donors (Lipinski definition) is 0. The molecule has 0 radical (unpaired) electrons. The summed E-state index contributed by atoms with van der Waals surface area (Å²) >= 11 is 1.86. The Morgan fingerprint density at radius 2 is 1.00 bits per heavy atom. The molecule has 1 aliphatic carbocycles. The number of para-hydroxylation sites is 2. The van der Waals surface area contributed by atoms with Crippen LogP contribution in [0.3, 0.4) is 0 Å². The van der Waals surface area contributed by atoms with Crippen molar-refractivity contribution in [2.75, 3.05) is 4.90 Å². The minimum Gasteiger partial charge on any atom is -0.455 e. The van der Waals surface area contributed by atoms with Crippen LogP contribution in [0.5, 0.6) is 0 Å². The SMILES string of the molecule is CC1(C)c2ccccc2-c2c(-c3ccccc3N(c3ccccc3-c3cccc4oc5c6ccccc6ccc5c34)c3cccc4sc5ccccc5c34)cccc21. The summed E-state index contributed by atoms with van der Waals surface area (Å²) in [5, 5.41) is 7.08. The molecule has 274 valence electrons. The number of benzene rings is 9. The standard InChI is InChI=1S/C55H37NOS/c1-55(2)43-24-9-5-20-40(43)51-38(22-13-25-44(51)55)36-18-6-10-26-45(36)56(47-28-15-31-50-53(47)41-21-8-12-30-49(41)58-50)46-27-11-7-19-37(46)39-23-14-29-48-52(39)42-33-32-34-16-3-4-17-35(34)54(42)57-48/h3-33H,1-2H3. The molecule has 11 aromatic rings. The topological polar surface area (TPSA) is 16.4 Å². The van der Waals surface area contributed by atoms with E-state index in [9.17, 15) is 0 Å². The third-order valence-corrected chi connectivity index (χ3v) is 13.6. The van der Waals surface area contributed by atoms with Gasteiger partial charge >= 0.3 is 0 Å². The molecule has 0 atom stereocenters. The first-order chi connectivity index (χ1) is 28.6. The first-order valence-electron chi connectivity index (χ1n) is 20.0. The summed E-state index contributed by atoms with van der Waals surface area (Å²) < 4.78 is 9.30. The zero-order valence-corrected chi connectivity index (χ0v) is 33.0. The molecule has 0 aliphatic heterocycles. The lowest BCUT2D eigenvalue weighted by molar-refractivity contribution is 0.660. The van der Waals surface area contributed by atoms with Gasteiger partial charge in [-0.25, -0.2) is 0 Å². The van der Waals surface area contributed by atoms with Crippen molar-refractivity contribution in [3.63, 3.8) is 0 Å². The third kappa shape index (κ3) is 4.71. The molecule has 0 bridgehead atoms. The van der Waals surface area contributed by atoms with Gasteiger partial charge in [0.05, 0.1) is 17.1 Å². The van der Waals surface area contributed by atoms with Crippen molar-refractivity contribution in [2.45, 2.75) is 19.3 Å². The van der Waals surface area contributed by atoms with Crippen molar-refractivity contribution < 1.29 is 4.42 Å². The number of thiophene rings is 1. The molecule has 2 nitrogen and oxygen atoms in total. The maximum atomic E-state index is 6.75. The van der Waals surface area contributed by atoms with Crippen molar-refractivity contribution in [2.24, 2.45) is 0 Å². The van der Waals surface area contributed by atoms with Gasteiger partial charge in [-0.2, -0.15) is 0 Å². The summed E-state index contributed by atoms with van der Waals surface area (Å²) in [6, 6.07) is 68.9. The molecule has 0 saturated heterocycles. The molecule has 0 spiro atoms. The van der Waals surface area contributed by atoms with Gasteiger partial charge in [-0.1, -0.05) is 159 Å². The van der Waals surface area contributed by atoms with E-state index in [1.165, 1.54) is 58.9 Å². The Morgan fingerprint density at radius 1 is 0.414 bits per heavy atom. The Morgan fingerprint density at radius 3 is 1.84 bits per heavy atom. The van der Waals surface area contributed by atoms with Crippen LogP contribution in [-0.2, 0) is 5.41 Å². The number of rotatable bonds is 5. The van der Waals surface area contributed by atoms with Crippen LogP contribution >= 0.6 is 11.3 Å². The minimum atomic E-state index is -0.109. The zero-order valence-electron chi connectivity index (χ0n) is 32.2. The first-order valence-corrected chi connectivity index (χ1v) is 20.8. The molecule has 0 fully saturated rings. The molecule has 1 aliphatic rings. The molecule has 58 heavy (non-hydrogen) atoms. The van der Waals surface area contributed by atoms with E-state index >= 15 is 0 Å². The van der Waals surface area contributed by atoms with E-state index in [1.807, 2.05) is 11.3 Å². The van der Waals surface area contributed by atoms with Crippen molar-refractivity contribution in [3.8, 4) is 33.4 Å². The highest BCUT2D eigenvalue weighted by molar-refractivity contribution is 7.26. The van der Waals surface area contributed by atoms with Crippen molar-refractivity contribution in [1.29, 1.82) is 0 Å². The molecule has 2 aromatic heterocycles. The van der Waals surface area contributed by atoms with Crippen LogP contribution in [0, 0.1) is 0 Å². The second-order valence-corrected chi connectivity index (χ2v) is 17.0. The maximum Gasteiger partial charge on any atom is 0.143 e. The highest BCUT2D eigenvalue weighted by atomic mass is 32.1. The van der Waals surface area contributed by atoms with E-state index in [0.29, 0.717) is 0 Å². The predicted octanol–water partition coefficient (Wildman–Crippen LogP) is 16.2. The van der Waals surface area contributed by atoms with Gasteiger partial charge in [0.15, 0.2) is 0 Å². The smallest absolute Gasteiger partial charge is 0.143 e. The first kappa shape index (κ1) is 33.2. The summed E-state index contributed by atoms with van der Waals surface area (Å²) in [5.74, 6) is 0. The van der Waals surface area contributed by atoms with E-state index in [4.69, 9.17) is 4.42 Å². The Labute approximate surface area is 340 Å². The molecule has 0 unspecified atom stereocenters. The van der Waals surface area contributed by atoms with E-state index in [-0.39, 0.29) is 5.41 Å². The minimum absolute atomic E-state index is 0.109. The lowest BCUT2D eigenvalue weighted by atomic mass is 9.82. The molecular formula is C55H37NOS.